The summed E-state index contributed by atoms with van der Waals surface area (Å²) in [5.41, 5.74) is 10.8. The fourth-order valence-corrected chi connectivity index (χ4v) is 2.73. The number of hydrogen-bond acceptors (Lipinski definition) is 4. The van der Waals surface area contributed by atoms with E-state index in [0.717, 1.165) is 33.4 Å². The number of carboxylic acids is 1. The van der Waals surface area contributed by atoms with Crippen LogP contribution in [-0.2, 0) is 0 Å². The Kier molecular flexibility index (Phi) is 3.43. The molecule has 0 aliphatic carbocycles. The molecule has 0 saturated heterocycles. The van der Waals surface area contributed by atoms with Crippen molar-refractivity contribution in [2.24, 2.45) is 0 Å². The smallest absolute Gasteiger partial charge is 0.373 e. The summed E-state index contributed by atoms with van der Waals surface area (Å²) in [5, 5.41) is 10.1. The third-order valence-electron chi connectivity index (χ3n) is 3.99. The number of H-pyrrole nitrogens is 1. The highest BCUT2D eigenvalue weighted by Crippen LogP contribution is 2.28. The zero-order valence-electron chi connectivity index (χ0n) is 13.1. The molecule has 0 aliphatic rings. The summed E-state index contributed by atoms with van der Waals surface area (Å²) in [7, 11) is 0. The Balaban J connectivity index is 1.77. The number of carboxylic acid groups (broad SMARTS) is 1. The van der Waals surface area contributed by atoms with Crippen molar-refractivity contribution in [2.75, 3.05) is 5.73 Å². The van der Waals surface area contributed by atoms with Crippen molar-refractivity contribution in [3.05, 3.63) is 66.6 Å². The van der Waals surface area contributed by atoms with E-state index in [1.165, 1.54) is 6.20 Å². The molecule has 0 saturated carbocycles. The predicted molar refractivity (Wildman–Crippen MR) is 96.1 cm³/mol. The van der Waals surface area contributed by atoms with Crippen LogP contribution in [0.3, 0.4) is 0 Å². The van der Waals surface area contributed by atoms with Crippen LogP contribution in [0.25, 0.3) is 33.4 Å². The minimum atomic E-state index is -1.14. The molecule has 0 bridgehead atoms. The van der Waals surface area contributed by atoms with Gasteiger partial charge in [-0.2, -0.15) is 0 Å². The summed E-state index contributed by atoms with van der Waals surface area (Å²) in [6, 6.07) is 17.2. The number of aromatic nitrogens is 3. The first-order valence-corrected chi connectivity index (χ1v) is 7.65. The maximum atomic E-state index is 11.0. The fraction of sp³-hybridized carbons (Fsp3) is 0. The van der Waals surface area contributed by atoms with Crippen molar-refractivity contribution < 1.29 is 9.90 Å². The van der Waals surface area contributed by atoms with E-state index in [1.54, 1.807) is 6.07 Å². The maximum absolute atomic E-state index is 11.0. The minimum Gasteiger partial charge on any atom is -0.475 e. The number of nitrogens with one attached hydrogen (secondary N) is 1. The van der Waals surface area contributed by atoms with Gasteiger partial charge in [-0.05, 0) is 35.9 Å². The Hall–Kier alpha value is -3.67. The molecule has 25 heavy (non-hydrogen) atoms. The molecule has 0 atom stereocenters. The first-order valence-electron chi connectivity index (χ1n) is 7.65. The van der Waals surface area contributed by atoms with E-state index in [-0.39, 0.29) is 5.82 Å². The second-order valence-electron chi connectivity index (χ2n) is 5.68. The van der Waals surface area contributed by atoms with Crippen LogP contribution < -0.4 is 5.73 Å². The number of carbonyl (C=O) groups is 1. The molecule has 2 heterocycles. The number of anilines is 1. The average molecular weight is 330 g/mol. The summed E-state index contributed by atoms with van der Waals surface area (Å²) < 4.78 is 0. The summed E-state index contributed by atoms with van der Waals surface area (Å²) in [6.45, 7) is 0. The SMILES string of the molecule is Nc1ccc(-c2cc3ccc(-c4ccnc(C(=O)O)n4)cc3[nH]2)cc1. The summed E-state index contributed by atoms with van der Waals surface area (Å²) in [5.74, 6) is -1.36. The van der Waals surface area contributed by atoms with Gasteiger partial charge in [0.1, 0.15) is 0 Å². The van der Waals surface area contributed by atoms with Crippen LogP contribution in [0.15, 0.2) is 60.8 Å². The number of aromatic amines is 1. The van der Waals surface area contributed by atoms with Crippen molar-refractivity contribution >= 4 is 22.6 Å². The molecule has 2 aromatic heterocycles. The lowest BCUT2D eigenvalue weighted by Crippen LogP contribution is -2.04. The maximum Gasteiger partial charge on any atom is 0.373 e. The first-order chi connectivity index (χ1) is 12.1. The molecule has 2 aromatic carbocycles. The standard InChI is InChI=1S/C19H14N4O2/c20-14-5-3-11(4-6-14)16-10-13-2-1-12(9-17(13)22-16)15-7-8-21-18(23-15)19(24)25/h1-10,22H,20H2,(H,24,25). The lowest BCUT2D eigenvalue weighted by atomic mass is 10.1. The van der Waals surface area contributed by atoms with Gasteiger partial charge in [0.15, 0.2) is 0 Å². The van der Waals surface area contributed by atoms with Gasteiger partial charge in [0.2, 0.25) is 5.82 Å². The zero-order chi connectivity index (χ0) is 17.4. The number of rotatable bonds is 3. The van der Waals surface area contributed by atoms with E-state index in [0.29, 0.717) is 5.69 Å². The highest BCUT2D eigenvalue weighted by atomic mass is 16.4. The number of nitrogens with zero attached hydrogens (tertiary/aromatic N) is 2. The number of nitrogens with two attached hydrogens (primary N) is 1. The third kappa shape index (κ3) is 2.81. The molecule has 4 aromatic rings. The molecule has 122 valence electrons. The fourth-order valence-electron chi connectivity index (χ4n) is 2.73. The van der Waals surface area contributed by atoms with Crippen LogP contribution in [0, 0.1) is 0 Å². The number of nitrogen functional groups attached to an aromatic ring is 1. The minimum absolute atomic E-state index is 0.216. The molecular weight excluding hydrogens is 316 g/mol. The quantitative estimate of drug-likeness (QED) is 0.498. The van der Waals surface area contributed by atoms with Crippen LogP contribution in [0.2, 0.25) is 0 Å². The third-order valence-corrected chi connectivity index (χ3v) is 3.99. The monoisotopic (exact) mass is 330 g/mol. The number of aromatic carboxylic acids is 1. The van der Waals surface area contributed by atoms with Crippen LogP contribution in [0.1, 0.15) is 10.6 Å². The summed E-state index contributed by atoms with van der Waals surface area (Å²) >= 11 is 0. The van der Waals surface area contributed by atoms with Crippen molar-refractivity contribution in [1.29, 1.82) is 0 Å². The highest BCUT2D eigenvalue weighted by Gasteiger charge is 2.10. The molecule has 0 radical (unpaired) electrons. The van der Waals surface area contributed by atoms with Crippen molar-refractivity contribution in [3.63, 3.8) is 0 Å². The van der Waals surface area contributed by atoms with Crippen molar-refractivity contribution in [2.45, 2.75) is 0 Å². The molecule has 0 fully saturated rings. The Morgan fingerprint density at radius 2 is 1.76 bits per heavy atom. The van der Waals surface area contributed by atoms with E-state index in [9.17, 15) is 4.79 Å². The molecule has 6 heteroatoms. The van der Waals surface area contributed by atoms with Gasteiger partial charge in [-0.3, -0.25) is 0 Å². The van der Waals surface area contributed by atoms with E-state index in [1.807, 2.05) is 42.5 Å². The van der Waals surface area contributed by atoms with Crippen LogP contribution >= 0.6 is 0 Å². The van der Waals surface area contributed by atoms with Crippen LogP contribution in [0.5, 0.6) is 0 Å². The highest BCUT2D eigenvalue weighted by molar-refractivity contribution is 5.89. The van der Waals surface area contributed by atoms with Gasteiger partial charge in [0.05, 0.1) is 5.69 Å². The number of hydrogen-bond donors (Lipinski definition) is 3. The molecule has 6 nitrogen and oxygen atoms in total. The average Bonchev–Trinajstić information content (AvgIpc) is 3.05. The molecule has 4 rings (SSSR count). The van der Waals surface area contributed by atoms with Gasteiger partial charge in [-0.1, -0.05) is 24.3 Å². The van der Waals surface area contributed by atoms with Gasteiger partial charge in [-0.15, -0.1) is 0 Å². The second-order valence-corrected chi connectivity index (χ2v) is 5.68. The normalized spacial score (nSPS) is 10.9. The Labute approximate surface area is 143 Å². The zero-order valence-corrected chi connectivity index (χ0v) is 13.1. The van der Waals surface area contributed by atoms with Gasteiger partial charge >= 0.3 is 5.97 Å². The second kappa shape index (κ2) is 5.76. The van der Waals surface area contributed by atoms with Gasteiger partial charge in [-0.25, -0.2) is 14.8 Å². The Morgan fingerprint density at radius 3 is 2.52 bits per heavy atom. The van der Waals surface area contributed by atoms with E-state index in [4.69, 9.17) is 10.8 Å². The topological polar surface area (TPSA) is 105 Å². The van der Waals surface area contributed by atoms with Gasteiger partial charge < -0.3 is 15.8 Å². The van der Waals surface area contributed by atoms with E-state index in [2.05, 4.69) is 21.0 Å². The molecule has 0 amide bonds. The Bertz CT molecular complexity index is 1080. The Morgan fingerprint density at radius 1 is 1.00 bits per heavy atom. The van der Waals surface area contributed by atoms with Crippen LogP contribution in [0.4, 0.5) is 5.69 Å². The first kappa shape index (κ1) is 14.9. The number of fused-ring (bicyclic) bond motifs is 1. The lowest BCUT2D eigenvalue weighted by Gasteiger charge is -2.02. The molecule has 0 spiro atoms. The van der Waals surface area contributed by atoms with Gasteiger partial charge in [0, 0.05) is 34.0 Å². The molecule has 0 unspecified atom stereocenters. The molecular formula is C19H14N4O2. The lowest BCUT2D eigenvalue weighted by molar-refractivity contribution is 0.0683. The van der Waals surface area contributed by atoms with Crippen molar-refractivity contribution in [3.8, 4) is 22.5 Å². The van der Waals surface area contributed by atoms with E-state index < -0.39 is 5.97 Å². The predicted octanol–water partition coefficient (Wildman–Crippen LogP) is 3.57. The summed E-state index contributed by atoms with van der Waals surface area (Å²) in [4.78, 5) is 22.3. The van der Waals surface area contributed by atoms with Crippen molar-refractivity contribution in [1.82, 2.24) is 15.0 Å². The summed E-state index contributed by atoms with van der Waals surface area (Å²) in [6.07, 6.45) is 1.45. The largest absolute Gasteiger partial charge is 0.475 e. The van der Waals surface area contributed by atoms with E-state index >= 15 is 0 Å². The number of benzene rings is 2. The van der Waals surface area contributed by atoms with Gasteiger partial charge in [0.25, 0.3) is 0 Å². The van der Waals surface area contributed by atoms with Crippen LogP contribution in [-0.4, -0.2) is 26.0 Å². The molecule has 0 aliphatic heterocycles. The molecule has 4 N–H and O–H groups in total.